The molecule has 0 aliphatic carbocycles. The first-order valence-corrected chi connectivity index (χ1v) is 9.78. The number of rotatable bonds is 7. The first-order valence-electron chi connectivity index (χ1n) is 9.78. The third-order valence-corrected chi connectivity index (χ3v) is 4.85. The highest BCUT2D eigenvalue weighted by molar-refractivity contribution is 6.05. The van der Waals surface area contributed by atoms with Gasteiger partial charge in [-0.25, -0.2) is 0 Å². The lowest BCUT2D eigenvalue weighted by Gasteiger charge is -2.41. The molecule has 2 atom stereocenters. The number of furan rings is 1. The van der Waals surface area contributed by atoms with Gasteiger partial charge in [-0.3, -0.25) is 14.4 Å². The Morgan fingerprint density at radius 2 is 1.87 bits per heavy atom. The summed E-state index contributed by atoms with van der Waals surface area (Å²) in [6, 6.07) is 8.47. The van der Waals surface area contributed by atoms with Gasteiger partial charge in [0.25, 0.3) is 11.8 Å². The van der Waals surface area contributed by atoms with Crippen molar-refractivity contribution in [2.45, 2.75) is 32.4 Å². The topological polar surface area (TPSA) is 127 Å². The molecule has 2 aromatic rings. The molecule has 0 radical (unpaired) electrons. The van der Waals surface area contributed by atoms with Crippen molar-refractivity contribution in [1.29, 1.82) is 0 Å². The molecule has 0 saturated carbocycles. The lowest BCUT2D eigenvalue weighted by molar-refractivity contribution is -0.117. The van der Waals surface area contributed by atoms with Crippen LogP contribution in [0.3, 0.4) is 0 Å². The second kappa shape index (κ2) is 9.45. The number of nitrogens with two attached hydrogens (primary N) is 1. The third kappa shape index (κ3) is 4.98. The van der Waals surface area contributed by atoms with Gasteiger partial charge in [-0.15, -0.1) is 0 Å². The van der Waals surface area contributed by atoms with E-state index in [-0.39, 0.29) is 36.7 Å². The predicted molar refractivity (Wildman–Crippen MR) is 111 cm³/mol. The SMILES string of the molecule is CC1COCC(C)N1c1ccc(C(=O)NCCC(N)=O)cc1NC(=O)c1ccco1. The van der Waals surface area contributed by atoms with E-state index in [0.717, 1.165) is 5.69 Å². The second-order valence-corrected chi connectivity index (χ2v) is 7.28. The van der Waals surface area contributed by atoms with Gasteiger partial charge < -0.3 is 30.4 Å². The van der Waals surface area contributed by atoms with Crippen molar-refractivity contribution in [2.24, 2.45) is 5.73 Å². The summed E-state index contributed by atoms with van der Waals surface area (Å²) in [4.78, 5) is 38.1. The number of benzene rings is 1. The van der Waals surface area contributed by atoms with Crippen LogP contribution in [0.2, 0.25) is 0 Å². The summed E-state index contributed by atoms with van der Waals surface area (Å²) in [5.41, 5.74) is 6.73. The highest BCUT2D eigenvalue weighted by Gasteiger charge is 2.28. The van der Waals surface area contributed by atoms with E-state index >= 15 is 0 Å². The van der Waals surface area contributed by atoms with Gasteiger partial charge in [-0.2, -0.15) is 0 Å². The molecule has 3 rings (SSSR count). The van der Waals surface area contributed by atoms with E-state index in [4.69, 9.17) is 14.9 Å². The number of hydrogen-bond acceptors (Lipinski definition) is 6. The van der Waals surface area contributed by atoms with Crippen LogP contribution in [0.4, 0.5) is 11.4 Å². The standard InChI is InChI=1S/C21H26N4O5/c1-13-11-29-12-14(2)25(13)17-6-5-15(20(27)23-8-7-19(22)26)10-16(17)24-21(28)18-4-3-9-30-18/h3-6,9-10,13-14H,7-8,11-12H2,1-2H3,(H2,22,26)(H,23,27)(H,24,28). The Bertz CT molecular complexity index is 902. The second-order valence-electron chi connectivity index (χ2n) is 7.28. The van der Waals surface area contributed by atoms with Crippen LogP contribution >= 0.6 is 0 Å². The van der Waals surface area contributed by atoms with Crippen LogP contribution in [-0.2, 0) is 9.53 Å². The molecule has 1 aliphatic heterocycles. The quantitative estimate of drug-likeness (QED) is 0.633. The highest BCUT2D eigenvalue weighted by Crippen LogP contribution is 2.32. The van der Waals surface area contributed by atoms with E-state index in [2.05, 4.69) is 15.5 Å². The molecule has 1 aliphatic rings. The zero-order valence-electron chi connectivity index (χ0n) is 17.0. The molecular weight excluding hydrogens is 388 g/mol. The average Bonchev–Trinajstić information content (AvgIpc) is 3.23. The highest BCUT2D eigenvalue weighted by atomic mass is 16.5. The molecule has 2 unspecified atom stereocenters. The molecule has 9 nitrogen and oxygen atoms in total. The lowest BCUT2D eigenvalue weighted by Crippen LogP contribution is -2.50. The summed E-state index contributed by atoms with van der Waals surface area (Å²) < 4.78 is 10.8. The molecule has 4 N–H and O–H groups in total. The van der Waals surface area contributed by atoms with Gasteiger partial charge in [-0.05, 0) is 44.2 Å². The maximum Gasteiger partial charge on any atom is 0.291 e. The van der Waals surface area contributed by atoms with Crippen LogP contribution in [0.15, 0.2) is 41.0 Å². The Hall–Kier alpha value is -3.33. The zero-order chi connectivity index (χ0) is 21.7. The lowest BCUT2D eigenvalue weighted by atomic mass is 10.1. The van der Waals surface area contributed by atoms with Crippen molar-refractivity contribution >= 4 is 29.1 Å². The van der Waals surface area contributed by atoms with Crippen molar-refractivity contribution in [1.82, 2.24) is 5.32 Å². The summed E-state index contributed by atoms with van der Waals surface area (Å²) in [6.07, 6.45) is 1.47. The van der Waals surface area contributed by atoms with Gasteiger partial charge >= 0.3 is 0 Å². The summed E-state index contributed by atoms with van der Waals surface area (Å²) in [5, 5.41) is 5.50. The summed E-state index contributed by atoms with van der Waals surface area (Å²) in [6.45, 7) is 5.34. The number of hydrogen-bond donors (Lipinski definition) is 3. The molecule has 1 aromatic carbocycles. The molecule has 30 heavy (non-hydrogen) atoms. The number of ether oxygens (including phenoxy) is 1. The summed E-state index contributed by atoms with van der Waals surface area (Å²) in [5.74, 6) is -1.10. The van der Waals surface area contributed by atoms with Crippen LogP contribution in [0, 0.1) is 0 Å². The van der Waals surface area contributed by atoms with Crippen molar-refractivity contribution in [3.05, 3.63) is 47.9 Å². The van der Waals surface area contributed by atoms with E-state index < -0.39 is 11.8 Å². The van der Waals surface area contributed by atoms with Gasteiger partial charge in [-0.1, -0.05) is 0 Å². The molecule has 1 saturated heterocycles. The Labute approximate surface area is 174 Å². The molecule has 0 bridgehead atoms. The number of anilines is 2. The van der Waals surface area contributed by atoms with Crippen LogP contribution in [0.25, 0.3) is 0 Å². The third-order valence-electron chi connectivity index (χ3n) is 4.85. The Kier molecular flexibility index (Phi) is 6.73. The van der Waals surface area contributed by atoms with Crippen LogP contribution in [-0.4, -0.2) is 49.6 Å². The minimum Gasteiger partial charge on any atom is -0.459 e. The monoisotopic (exact) mass is 414 g/mol. The Morgan fingerprint density at radius 3 is 2.50 bits per heavy atom. The number of carbonyl (C=O) groups is 3. The molecule has 2 heterocycles. The number of nitrogens with zero attached hydrogens (tertiary/aromatic N) is 1. The van der Waals surface area contributed by atoms with Crippen molar-refractivity contribution in [3.63, 3.8) is 0 Å². The molecule has 0 spiro atoms. The predicted octanol–water partition coefficient (Wildman–Crippen LogP) is 1.75. The van der Waals surface area contributed by atoms with Gasteiger partial charge in [0.2, 0.25) is 5.91 Å². The van der Waals surface area contributed by atoms with Crippen LogP contribution in [0.5, 0.6) is 0 Å². The first kappa shape index (κ1) is 21.4. The fraction of sp³-hybridized carbons (Fsp3) is 0.381. The number of amides is 3. The largest absolute Gasteiger partial charge is 0.459 e. The summed E-state index contributed by atoms with van der Waals surface area (Å²) >= 11 is 0. The Balaban J connectivity index is 1.90. The molecule has 1 fully saturated rings. The van der Waals surface area contributed by atoms with Crippen LogP contribution < -0.4 is 21.3 Å². The molecule has 1 aromatic heterocycles. The van der Waals surface area contributed by atoms with Crippen molar-refractivity contribution < 1.29 is 23.5 Å². The summed E-state index contributed by atoms with van der Waals surface area (Å²) in [7, 11) is 0. The fourth-order valence-corrected chi connectivity index (χ4v) is 3.47. The van der Waals surface area contributed by atoms with Gasteiger partial charge in [0, 0.05) is 30.6 Å². The Morgan fingerprint density at radius 1 is 1.13 bits per heavy atom. The van der Waals surface area contributed by atoms with Crippen LogP contribution in [0.1, 0.15) is 41.2 Å². The van der Waals surface area contributed by atoms with E-state index in [1.807, 2.05) is 13.8 Å². The average molecular weight is 414 g/mol. The van der Waals surface area contributed by atoms with E-state index in [1.54, 1.807) is 30.3 Å². The number of carbonyl (C=O) groups excluding carboxylic acids is 3. The fourth-order valence-electron chi connectivity index (χ4n) is 3.47. The minimum absolute atomic E-state index is 0.0503. The van der Waals surface area contributed by atoms with E-state index in [0.29, 0.717) is 24.5 Å². The molecule has 9 heteroatoms. The van der Waals surface area contributed by atoms with Crippen molar-refractivity contribution in [3.8, 4) is 0 Å². The number of primary amides is 1. The number of morpholine rings is 1. The van der Waals surface area contributed by atoms with Crippen molar-refractivity contribution in [2.75, 3.05) is 30.0 Å². The van der Waals surface area contributed by atoms with E-state index in [9.17, 15) is 14.4 Å². The van der Waals surface area contributed by atoms with Gasteiger partial charge in [0.15, 0.2) is 5.76 Å². The molecule has 160 valence electrons. The zero-order valence-corrected chi connectivity index (χ0v) is 17.0. The minimum atomic E-state index is -0.493. The van der Waals surface area contributed by atoms with E-state index in [1.165, 1.54) is 6.26 Å². The first-order chi connectivity index (χ1) is 14.4. The molecule has 3 amide bonds. The molecular formula is C21H26N4O5. The normalized spacial score (nSPS) is 18.7. The van der Waals surface area contributed by atoms with Gasteiger partial charge in [0.05, 0.1) is 30.9 Å². The number of nitrogens with one attached hydrogen (secondary N) is 2. The van der Waals surface area contributed by atoms with Gasteiger partial charge in [0.1, 0.15) is 0 Å². The maximum absolute atomic E-state index is 12.6. The maximum atomic E-state index is 12.6. The smallest absolute Gasteiger partial charge is 0.291 e.